The molecule has 6 nitrogen and oxygen atoms in total. The Hall–Kier alpha value is -2.87. The number of nitrogens with zero attached hydrogens (tertiary/aromatic N) is 2. The number of carbonyl (C=O) groups excluding carboxylic acids is 1. The van der Waals surface area contributed by atoms with Crippen LogP contribution in [0.3, 0.4) is 0 Å². The number of hydrogen-bond acceptors (Lipinski definition) is 4. The van der Waals surface area contributed by atoms with Gasteiger partial charge in [0.2, 0.25) is 0 Å². The van der Waals surface area contributed by atoms with E-state index in [2.05, 4.69) is 15.6 Å². The number of aromatic nitrogens is 2. The van der Waals surface area contributed by atoms with Gasteiger partial charge in [-0.3, -0.25) is 9.20 Å². The van der Waals surface area contributed by atoms with Crippen molar-refractivity contribution in [3.63, 3.8) is 0 Å². The summed E-state index contributed by atoms with van der Waals surface area (Å²) in [5, 5.41) is 6.84. The lowest BCUT2D eigenvalue weighted by molar-refractivity contribution is 0.0926. The average Bonchev–Trinajstić information content (AvgIpc) is 3.21. The number of benzene rings is 1. The number of alkyl halides is 2. The van der Waals surface area contributed by atoms with Gasteiger partial charge in [-0.25, -0.2) is 13.8 Å². The van der Waals surface area contributed by atoms with Crippen LogP contribution >= 0.6 is 11.6 Å². The maximum absolute atomic E-state index is 13.0. The molecule has 0 spiro atoms. The maximum atomic E-state index is 13.0. The second kappa shape index (κ2) is 9.09. The molecule has 0 aliphatic heterocycles. The first-order chi connectivity index (χ1) is 14.9. The minimum atomic E-state index is -2.61. The monoisotopic (exact) mass is 448 g/mol. The number of rotatable bonds is 6. The summed E-state index contributed by atoms with van der Waals surface area (Å²) in [7, 11) is 1.54. The Morgan fingerprint density at radius 2 is 1.94 bits per heavy atom. The van der Waals surface area contributed by atoms with Crippen molar-refractivity contribution in [2.24, 2.45) is 0 Å². The number of carbonyl (C=O) groups is 1. The molecule has 164 valence electrons. The van der Waals surface area contributed by atoms with Gasteiger partial charge in [0.15, 0.2) is 0 Å². The zero-order chi connectivity index (χ0) is 22.0. The number of pyridine rings is 1. The van der Waals surface area contributed by atoms with Crippen LogP contribution in [0.5, 0.6) is 5.75 Å². The molecule has 1 saturated carbocycles. The van der Waals surface area contributed by atoms with E-state index in [0.717, 1.165) is 31.5 Å². The second-order valence-electron chi connectivity index (χ2n) is 7.62. The third kappa shape index (κ3) is 4.74. The Morgan fingerprint density at radius 1 is 1.19 bits per heavy atom. The number of methoxy groups -OCH3 is 1. The Labute approximate surface area is 183 Å². The Balaban J connectivity index is 1.35. The standard InChI is InChI=1S/C22H23ClF2N4O2/c1-31-15-9-10-16(17(23)11-15)22(30)27-14-7-5-13(6-8-14)26-19-3-2-4-20-28-18(21(24)25)12-29(19)20/h2-4,9-14,21,26H,5-8H2,1H3,(H,27,30). The molecule has 2 N–H and O–H groups in total. The molecule has 0 unspecified atom stereocenters. The van der Waals surface area contributed by atoms with Gasteiger partial charge in [-0.2, -0.15) is 0 Å². The molecule has 3 aromatic rings. The lowest BCUT2D eigenvalue weighted by Gasteiger charge is -2.30. The van der Waals surface area contributed by atoms with Crippen LogP contribution in [0.25, 0.3) is 5.65 Å². The van der Waals surface area contributed by atoms with Gasteiger partial charge in [-0.05, 0) is 56.0 Å². The Bertz CT molecular complexity index is 1080. The van der Waals surface area contributed by atoms with Gasteiger partial charge in [0.05, 0.1) is 17.7 Å². The van der Waals surface area contributed by atoms with Crippen molar-refractivity contribution in [3.8, 4) is 5.75 Å². The van der Waals surface area contributed by atoms with Crippen molar-refractivity contribution < 1.29 is 18.3 Å². The van der Waals surface area contributed by atoms with Gasteiger partial charge in [0.25, 0.3) is 12.3 Å². The first-order valence-corrected chi connectivity index (χ1v) is 10.5. The van der Waals surface area contributed by atoms with E-state index in [4.69, 9.17) is 16.3 Å². The molecule has 4 rings (SSSR count). The molecule has 1 aliphatic rings. The summed E-state index contributed by atoms with van der Waals surface area (Å²) in [5.41, 5.74) is 0.666. The molecule has 0 radical (unpaired) electrons. The Morgan fingerprint density at radius 3 is 2.61 bits per heavy atom. The molecular formula is C22H23ClF2N4O2. The fourth-order valence-corrected chi connectivity index (χ4v) is 4.17. The lowest BCUT2D eigenvalue weighted by atomic mass is 9.91. The molecule has 1 aliphatic carbocycles. The normalized spacial score (nSPS) is 18.9. The summed E-state index contributed by atoms with van der Waals surface area (Å²) in [6.07, 6.45) is 2.05. The summed E-state index contributed by atoms with van der Waals surface area (Å²) in [6.45, 7) is 0. The van der Waals surface area contributed by atoms with E-state index in [1.165, 1.54) is 6.20 Å². The molecule has 0 atom stereocenters. The van der Waals surface area contributed by atoms with E-state index in [0.29, 0.717) is 22.0 Å². The molecular weight excluding hydrogens is 426 g/mol. The van der Waals surface area contributed by atoms with Crippen LogP contribution in [0.1, 0.15) is 48.2 Å². The average molecular weight is 449 g/mol. The highest BCUT2D eigenvalue weighted by Crippen LogP contribution is 2.26. The highest BCUT2D eigenvalue weighted by atomic mass is 35.5. The van der Waals surface area contributed by atoms with Crippen LogP contribution in [0, 0.1) is 0 Å². The van der Waals surface area contributed by atoms with Crippen molar-refractivity contribution in [1.29, 1.82) is 0 Å². The van der Waals surface area contributed by atoms with Crippen LogP contribution in [0.2, 0.25) is 5.02 Å². The summed E-state index contributed by atoms with van der Waals surface area (Å²) in [5.74, 6) is 1.13. The number of ether oxygens (including phenoxy) is 1. The van der Waals surface area contributed by atoms with Crippen molar-refractivity contribution in [2.75, 3.05) is 12.4 Å². The van der Waals surface area contributed by atoms with E-state index in [1.54, 1.807) is 41.8 Å². The number of hydrogen-bond donors (Lipinski definition) is 2. The number of imidazole rings is 1. The SMILES string of the molecule is COc1ccc(C(=O)NC2CCC(Nc3cccc4nc(C(F)F)cn34)CC2)c(Cl)c1. The van der Waals surface area contributed by atoms with Crippen molar-refractivity contribution in [3.05, 3.63) is 58.9 Å². The predicted octanol–water partition coefficient (Wildman–Crippen LogP) is 5.09. The number of nitrogens with one attached hydrogen (secondary N) is 2. The van der Waals surface area contributed by atoms with E-state index in [1.807, 2.05) is 6.07 Å². The third-order valence-corrected chi connectivity index (χ3v) is 5.88. The fraction of sp³-hybridized carbons (Fsp3) is 0.364. The highest BCUT2D eigenvalue weighted by molar-refractivity contribution is 6.34. The number of fused-ring (bicyclic) bond motifs is 1. The van der Waals surface area contributed by atoms with Crippen molar-refractivity contribution in [2.45, 2.75) is 44.2 Å². The van der Waals surface area contributed by atoms with Gasteiger partial charge >= 0.3 is 0 Å². The molecule has 1 fully saturated rings. The second-order valence-corrected chi connectivity index (χ2v) is 8.03. The van der Waals surface area contributed by atoms with E-state index < -0.39 is 6.43 Å². The van der Waals surface area contributed by atoms with Crippen molar-refractivity contribution >= 4 is 29.0 Å². The molecule has 2 heterocycles. The minimum absolute atomic E-state index is 0.0539. The molecule has 9 heteroatoms. The smallest absolute Gasteiger partial charge is 0.281 e. The van der Waals surface area contributed by atoms with Crippen LogP contribution in [0.15, 0.2) is 42.6 Å². The zero-order valence-corrected chi connectivity index (χ0v) is 17.7. The van der Waals surface area contributed by atoms with E-state index in [-0.39, 0.29) is 23.7 Å². The van der Waals surface area contributed by atoms with Crippen LogP contribution < -0.4 is 15.4 Å². The quantitative estimate of drug-likeness (QED) is 0.551. The molecule has 1 aromatic carbocycles. The van der Waals surface area contributed by atoms with E-state index in [9.17, 15) is 13.6 Å². The zero-order valence-electron chi connectivity index (χ0n) is 16.9. The van der Waals surface area contributed by atoms with Crippen LogP contribution in [0.4, 0.5) is 14.6 Å². The molecule has 31 heavy (non-hydrogen) atoms. The molecule has 2 aromatic heterocycles. The summed E-state index contributed by atoms with van der Waals surface area (Å²) < 4.78 is 32.7. The first-order valence-electron chi connectivity index (χ1n) is 10.1. The summed E-state index contributed by atoms with van der Waals surface area (Å²) in [6, 6.07) is 10.6. The van der Waals surface area contributed by atoms with Crippen LogP contribution in [-0.2, 0) is 0 Å². The van der Waals surface area contributed by atoms with Gasteiger partial charge < -0.3 is 15.4 Å². The predicted molar refractivity (Wildman–Crippen MR) is 115 cm³/mol. The minimum Gasteiger partial charge on any atom is -0.497 e. The molecule has 1 amide bonds. The molecule has 0 saturated heterocycles. The Kier molecular flexibility index (Phi) is 6.27. The lowest BCUT2D eigenvalue weighted by Crippen LogP contribution is -2.40. The highest BCUT2D eigenvalue weighted by Gasteiger charge is 2.24. The number of halogens is 3. The molecule has 0 bridgehead atoms. The third-order valence-electron chi connectivity index (χ3n) is 5.57. The van der Waals surface area contributed by atoms with Gasteiger partial charge in [0.1, 0.15) is 22.9 Å². The van der Waals surface area contributed by atoms with Gasteiger partial charge in [-0.1, -0.05) is 17.7 Å². The summed E-state index contributed by atoms with van der Waals surface area (Å²) in [4.78, 5) is 16.6. The number of amides is 1. The first kappa shape index (κ1) is 21.4. The number of anilines is 1. The topological polar surface area (TPSA) is 67.7 Å². The summed E-state index contributed by atoms with van der Waals surface area (Å²) >= 11 is 6.20. The largest absolute Gasteiger partial charge is 0.497 e. The van der Waals surface area contributed by atoms with E-state index >= 15 is 0 Å². The van der Waals surface area contributed by atoms with Crippen LogP contribution in [-0.4, -0.2) is 34.5 Å². The van der Waals surface area contributed by atoms with Crippen molar-refractivity contribution in [1.82, 2.24) is 14.7 Å². The fourth-order valence-electron chi connectivity index (χ4n) is 3.91. The van der Waals surface area contributed by atoms with Gasteiger partial charge in [0, 0.05) is 18.3 Å². The van der Waals surface area contributed by atoms with Gasteiger partial charge in [-0.15, -0.1) is 0 Å². The maximum Gasteiger partial charge on any atom is 0.281 e.